The van der Waals surface area contributed by atoms with Gasteiger partial charge in [0.2, 0.25) is 0 Å². The van der Waals surface area contributed by atoms with E-state index in [2.05, 4.69) is 47.5 Å². The van der Waals surface area contributed by atoms with Gasteiger partial charge < -0.3 is 5.32 Å². The van der Waals surface area contributed by atoms with E-state index in [0.29, 0.717) is 12.1 Å². The Morgan fingerprint density at radius 3 is 2.48 bits per heavy atom. The Bertz CT molecular complexity index is 409. The number of piperazine rings is 1. The van der Waals surface area contributed by atoms with E-state index in [4.69, 9.17) is 0 Å². The molecule has 116 valence electrons. The Morgan fingerprint density at radius 2 is 1.76 bits per heavy atom. The molecule has 2 fully saturated rings. The Labute approximate surface area is 129 Å². The highest BCUT2D eigenvalue weighted by atomic mass is 15.2. The van der Waals surface area contributed by atoms with Crippen molar-refractivity contribution in [2.75, 3.05) is 13.1 Å². The van der Waals surface area contributed by atoms with Gasteiger partial charge in [0, 0.05) is 31.2 Å². The number of rotatable bonds is 3. The van der Waals surface area contributed by atoms with Crippen molar-refractivity contribution in [3.63, 3.8) is 0 Å². The number of hydrogen-bond acceptors (Lipinski definition) is 2. The van der Waals surface area contributed by atoms with Crippen LogP contribution in [-0.2, 0) is 6.42 Å². The minimum atomic E-state index is 0.617. The van der Waals surface area contributed by atoms with E-state index < -0.39 is 0 Å². The molecule has 1 aliphatic heterocycles. The summed E-state index contributed by atoms with van der Waals surface area (Å²) in [6.45, 7) is 4.77. The third kappa shape index (κ3) is 4.08. The summed E-state index contributed by atoms with van der Waals surface area (Å²) in [6.07, 6.45) is 9.77. The van der Waals surface area contributed by atoms with Gasteiger partial charge in [0.05, 0.1) is 0 Å². The van der Waals surface area contributed by atoms with Crippen LogP contribution in [0.3, 0.4) is 0 Å². The summed E-state index contributed by atoms with van der Waals surface area (Å²) in [5.41, 5.74) is 1.46. The van der Waals surface area contributed by atoms with Crippen LogP contribution in [0.5, 0.6) is 0 Å². The molecule has 0 spiro atoms. The molecule has 2 heteroatoms. The second kappa shape index (κ2) is 7.42. The zero-order chi connectivity index (χ0) is 14.5. The molecular weight excluding hydrogens is 256 g/mol. The van der Waals surface area contributed by atoms with Crippen molar-refractivity contribution in [1.29, 1.82) is 0 Å². The number of hydrogen-bond donors (Lipinski definition) is 1. The zero-order valence-corrected chi connectivity index (χ0v) is 13.4. The number of benzene rings is 1. The average molecular weight is 286 g/mol. The molecule has 1 saturated heterocycles. The molecule has 0 bridgehead atoms. The summed E-state index contributed by atoms with van der Waals surface area (Å²) in [7, 11) is 0. The van der Waals surface area contributed by atoms with Crippen molar-refractivity contribution in [3.8, 4) is 0 Å². The molecule has 2 unspecified atom stereocenters. The highest BCUT2D eigenvalue weighted by Gasteiger charge is 2.30. The van der Waals surface area contributed by atoms with E-state index in [-0.39, 0.29) is 0 Å². The van der Waals surface area contributed by atoms with Crippen molar-refractivity contribution in [3.05, 3.63) is 35.9 Å². The Balaban J connectivity index is 1.61. The van der Waals surface area contributed by atoms with Crippen molar-refractivity contribution in [1.82, 2.24) is 10.2 Å². The lowest BCUT2D eigenvalue weighted by atomic mass is 9.98. The molecule has 1 aromatic rings. The van der Waals surface area contributed by atoms with Crippen LogP contribution in [0.15, 0.2) is 30.3 Å². The monoisotopic (exact) mass is 286 g/mol. The topological polar surface area (TPSA) is 15.3 Å². The zero-order valence-electron chi connectivity index (χ0n) is 13.4. The fourth-order valence-electron chi connectivity index (χ4n) is 4.09. The van der Waals surface area contributed by atoms with Gasteiger partial charge in [-0.05, 0) is 31.7 Å². The lowest BCUT2D eigenvalue weighted by molar-refractivity contribution is 0.0820. The molecule has 2 nitrogen and oxygen atoms in total. The van der Waals surface area contributed by atoms with Crippen LogP contribution in [0.4, 0.5) is 0 Å². The number of nitrogens with one attached hydrogen (secondary N) is 1. The van der Waals surface area contributed by atoms with E-state index in [0.717, 1.165) is 19.0 Å². The molecule has 0 amide bonds. The first kappa shape index (κ1) is 15.1. The maximum absolute atomic E-state index is 3.76. The van der Waals surface area contributed by atoms with Gasteiger partial charge in [-0.2, -0.15) is 0 Å². The normalized spacial score (nSPS) is 29.2. The first-order valence-corrected chi connectivity index (χ1v) is 8.86. The van der Waals surface area contributed by atoms with Gasteiger partial charge in [-0.15, -0.1) is 0 Å². The van der Waals surface area contributed by atoms with Crippen LogP contribution in [0, 0.1) is 0 Å². The van der Waals surface area contributed by atoms with Gasteiger partial charge >= 0.3 is 0 Å². The molecule has 3 rings (SSSR count). The number of nitrogens with zero attached hydrogens (tertiary/aromatic N) is 1. The van der Waals surface area contributed by atoms with Crippen LogP contribution < -0.4 is 5.32 Å². The maximum atomic E-state index is 3.76. The highest BCUT2D eigenvalue weighted by Crippen LogP contribution is 2.25. The molecule has 2 atom stereocenters. The lowest BCUT2D eigenvalue weighted by Crippen LogP contribution is -2.59. The van der Waals surface area contributed by atoms with Gasteiger partial charge in [-0.25, -0.2) is 0 Å². The highest BCUT2D eigenvalue weighted by molar-refractivity contribution is 5.16. The fraction of sp³-hybridized carbons (Fsp3) is 0.684. The molecule has 0 radical (unpaired) electrons. The van der Waals surface area contributed by atoms with Crippen LogP contribution in [0.1, 0.15) is 51.0 Å². The van der Waals surface area contributed by atoms with Gasteiger partial charge in [0.1, 0.15) is 0 Å². The molecule has 0 aromatic heterocycles. The van der Waals surface area contributed by atoms with Crippen LogP contribution >= 0.6 is 0 Å². The van der Waals surface area contributed by atoms with Gasteiger partial charge in [-0.1, -0.05) is 56.0 Å². The molecular formula is C19H30N2. The molecule has 1 aromatic carbocycles. The Morgan fingerprint density at radius 1 is 1.05 bits per heavy atom. The second-order valence-corrected chi connectivity index (χ2v) is 6.99. The first-order chi connectivity index (χ1) is 10.3. The van der Waals surface area contributed by atoms with Crippen molar-refractivity contribution in [2.45, 2.75) is 70.0 Å². The molecule has 2 aliphatic rings. The summed E-state index contributed by atoms with van der Waals surface area (Å²) in [6, 6.07) is 13.1. The maximum Gasteiger partial charge on any atom is 0.0236 e. The fourth-order valence-corrected chi connectivity index (χ4v) is 4.09. The summed E-state index contributed by atoms with van der Waals surface area (Å²) >= 11 is 0. The van der Waals surface area contributed by atoms with E-state index in [1.165, 1.54) is 50.6 Å². The van der Waals surface area contributed by atoms with Crippen LogP contribution in [-0.4, -0.2) is 36.1 Å². The van der Waals surface area contributed by atoms with Crippen LogP contribution in [0.2, 0.25) is 0 Å². The molecule has 1 saturated carbocycles. The smallest absolute Gasteiger partial charge is 0.0236 e. The summed E-state index contributed by atoms with van der Waals surface area (Å²) in [5.74, 6) is 0. The minimum absolute atomic E-state index is 0.617. The standard InChI is InChI=1S/C19H30N2/c1-16-14-20-18(13-17-9-5-4-6-10-17)15-21(16)19-11-7-2-3-8-12-19/h4-6,9-10,16,18-20H,2-3,7-8,11-15H2,1H3. The molecule has 21 heavy (non-hydrogen) atoms. The van der Waals surface area contributed by atoms with Gasteiger partial charge in [-0.3, -0.25) is 4.90 Å². The average Bonchev–Trinajstić information content (AvgIpc) is 2.79. The molecule has 1 heterocycles. The third-order valence-corrected chi connectivity index (χ3v) is 5.32. The van der Waals surface area contributed by atoms with Gasteiger partial charge in [0.25, 0.3) is 0 Å². The second-order valence-electron chi connectivity index (χ2n) is 6.99. The van der Waals surface area contributed by atoms with Crippen molar-refractivity contribution in [2.24, 2.45) is 0 Å². The molecule has 1 aliphatic carbocycles. The minimum Gasteiger partial charge on any atom is -0.311 e. The Kier molecular flexibility index (Phi) is 5.32. The predicted octanol–water partition coefficient (Wildman–Crippen LogP) is 3.61. The van der Waals surface area contributed by atoms with Crippen molar-refractivity contribution < 1.29 is 0 Å². The predicted molar refractivity (Wildman–Crippen MR) is 89.6 cm³/mol. The van der Waals surface area contributed by atoms with Crippen molar-refractivity contribution >= 4 is 0 Å². The largest absolute Gasteiger partial charge is 0.311 e. The summed E-state index contributed by atoms with van der Waals surface area (Å²) in [4.78, 5) is 2.81. The van der Waals surface area contributed by atoms with E-state index >= 15 is 0 Å². The van der Waals surface area contributed by atoms with E-state index in [1.54, 1.807) is 0 Å². The van der Waals surface area contributed by atoms with Crippen LogP contribution in [0.25, 0.3) is 0 Å². The summed E-state index contributed by atoms with van der Waals surface area (Å²) < 4.78 is 0. The quantitative estimate of drug-likeness (QED) is 0.854. The molecule has 1 N–H and O–H groups in total. The third-order valence-electron chi connectivity index (χ3n) is 5.32. The SMILES string of the molecule is CC1CNC(Cc2ccccc2)CN1C1CCCCCC1. The first-order valence-electron chi connectivity index (χ1n) is 8.86. The van der Waals surface area contributed by atoms with Gasteiger partial charge in [0.15, 0.2) is 0 Å². The van der Waals surface area contributed by atoms with E-state index in [1.807, 2.05) is 0 Å². The van der Waals surface area contributed by atoms with E-state index in [9.17, 15) is 0 Å². The lowest BCUT2D eigenvalue weighted by Gasteiger charge is -2.43. The Hall–Kier alpha value is -0.860. The summed E-state index contributed by atoms with van der Waals surface area (Å²) in [5, 5.41) is 3.76.